The summed E-state index contributed by atoms with van der Waals surface area (Å²) in [7, 11) is 0. The van der Waals surface area contributed by atoms with Crippen molar-refractivity contribution in [2.45, 2.75) is 19.3 Å². The molecule has 100 valence electrons. The molecule has 0 aliphatic carbocycles. The lowest BCUT2D eigenvalue weighted by atomic mass is 10.00. The zero-order valence-electron chi connectivity index (χ0n) is 10.2. The number of fused-ring (bicyclic) bond motifs is 1. The van der Waals surface area contributed by atoms with Crippen LogP contribution in [0.1, 0.15) is 12.0 Å². The van der Waals surface area contributed by atoms with Gasteiger partial charge in [-0.2, -0.15) is 0 Å². The van der Waals surface area contributed by atoms with Crippen LogP contribution in [-0.2, 0) is 11.2 Å². The minimum absolute atomic E-state index is 0.318. The lowest BCUT2D eigenvalue weighted by molar-refractivity contribution is 0.0201. The van der Waals surface area contributed by atoms with E-state index in [-0.39, 0.29) is 0 Å². The van der Waals surface area contributed by atoms with Gasteiger partial charge in [-0.05, 0) is 30.5 Å². The summed E-state index contributed by atoms with van der Waals surface area (Å²) in [6.45, 7) is 1.38. The molecule has 1 aliphatic heterocycles. The molecule has 0 saturated carbocycles. The van der Waals surface area contributed by atoms with Crippen molar-refractivity contribution in [3.63, 3.8) is 0 Å². The molecule has 0 saturated heterocycles. The van der Waals surface area contributed by atoms with Crippen molar-refractivity contribution in [1.82, 2.24) is 0 Å². The number of halogens is 2. The number of alkyl halides is 2. The van der Waals surface area contributed by atoms with E-state index in [1.165, 1.54) is 0 Å². The van der Waals surface area contributed by atoms with Gasteiger partial charge in [-0.3, -0.25) is 0 Å². The molecule has 0 atom stereocenters. The summed E-state index contributed by atoms with van der Waals surface area (Å²) in [6.07, 6.45) is -0.374. The first-order chi connectivity index (χ1) is 8.68. The van der Waals surface area contributed by atoms with E-state index >= 15 is 0 Å². The summed E-state index contributed by atoms with van der Waals surface area (Å²) < 4.78 is 28.8. The molecule has 2 rings (SSSR count). The largest absolute Gasteiger partial charge is 0.398 e. The number of benzene rings is 1. The number of hydrogen-bond acceptors (Lipinski definition) is 3. The molecule has 0 amide bonds. The molecule has 0 aromatic heterocycles. The highest BCUT2D eigenvalue weighted by Crippen LogP contribution is 2.30. The van der Waals surface area contributed by atoms with E-state index in [1.54, 1.807) is 0 Å². The topological polar surface area (TPSA) is 38.5 Å². The monoisotopic (exact) mass is 256 g/mol. The van der Waals surface area contributed by atoms with E-state index in [4.69, 9.17) is 10.5 Å². The highest BCUT2D eigenvalue weighted by Gasteiger charge is 2.18. The van der Waals surface area contributed by atoms with Crippen molar-refractivity contribution < 1.29 is 13.5 Å². The van der Waals surface area contributed by atoms with Crippen LogP contribution in [0.5, 0.6) is 0 Å². The molecule has 18 heavy (non-hydrogen) atoms. The molecule has 3 nitrogen and oxygen atoms in total. The average Bonchev–Trinajstić information content (AvgIpc) is 2.35. The van der Waals surface area contributed by atoms with Gasteiger partial charge in [-0.25, -0.2) is 8.78 Å². The Hall–Kier alpha value is -1.36. The summed E-state index contributed by atoms with van der Waals surface area (Å²) in [4.78, 5) is 2.15. The third-order valence-corrected chi connectivity index (χ3v) is 3.13. The second kappa shape index (κ2) is 6.00. The summed E-state index contributed by atoms with van der Waals surface area (Å²) in [5.41, 5.74) is 9.03. The van der Waals surface area contributed by atoms with Gasteiger partial charge in [0.1, 0.15) is 6.61 Å². The fraction of sp³-hybridized carbons (Fsp3) is 0.538. The Bertz CT molecular complexity index is 399. The Kier molecular flexibility index (Phi) is 4.36. The minimum Gasteiger partial charge on any atom is -0.398 e. The first-order valence-corrected chi connectivity index (χ1v) is 6.16. The predicted octanol–water partition coefficient (Wildman–Crippen LogP) is 2.30. The molecule has 0 spiro atoms. The van der Waals surface area contributed by atoms with Crippen LogP contribution < -0.4 is 10.6 Å². The quantitative estimate of drug-likeness (QED) is 0.649. The number of rotatable bonds is 5. The lowest BCUT2D eigenvalue weighted by Crippen LogP contribution is -2.33. The summed E-state index contributed by atoms with van der Waals surface area (Å²) in [5, 5.41) is 0. The van der Waals surface area contributed by atoms with Gasteiger partial charge in [0.15, 0.2) is 0 Å². The van der Waals surface area contributed by atoms with E-state index in [0.717, 1.165) is 36.3 Å². The van der Waals surface area contributed by atoms with E-state index in [9.17, 15) is 8.78 Å². The van der Waals surface area contributed by atoms with Crippen molar-refractivity contribution in [3.05, 3.63) is 23.8 Å². The fourth-order valence-corrected chi connectivity index (χ4v) is 2.31. The Labute approximate surface area is 106 Å². The van der Waals surface area contributed by atoms with Crippen molar-refractivity contribution in [2.75, 3.05) is 36.9 Å². The first kappa shape index (κ1) is 13.1. The highest BCUT2D eigenvalue weighted by molar-refractivity contribution is 5.66. The zero-order valence-corrected chi connectivity index (χ0v) is 10.2. The second-order valence-electron chi connectivity index (χ2n) is 4.40. The third kappa shape index (κ3) is 3.10. The van der Waals surface area contributed by atoms with Crippen LogP contribution in [0.15, 0.2) is 18.2 Å². The molecule has 0 fully saturated rings. The molecule has 5 heteroatoms. The highest BCUT2D eigenvalue weighted by atomic mass is 19.3. The number of anilines is 2. The smallest absolute Gasteiger partial charge is 0.261 e. The van der Waals surface area contributed by atoms with Gasteiger partial charge in [0.2, 0.25) is 0 Å². The molecular weight excluding hydrogens is 238 g/mol. The van der Waals surface area contributed by atoms with E-state index in [2.05, 4.69) is 4.90 Å². The SMILES string of the molecule is Nc1cccc2c1CCCN2CCOCC(F)F. The maximum Gasteiger partial charge on any atom is 0.261 e. The number of nitrogens with two attached hydrogens (primary N) is 1. The van der Waals surface area contributed by atoms with Gasteiger partial charge >= 0.3 is 0 Å². The molecule has 0 radical (unpaired) electrons. The second-order valence-corrected chi connectivity index (χ2v) is 4.40. The van der Waals surface area contributed by atoms with Gasteiger partial charge in [-0.1, -0.05) is 6.07 Å². The van der Waals surface area contributed by atoms with Gasteiger partial charge in [0, 0.05) is 24.5 Å². The van der Waals surface area contributed by atoms with Crippen LogP contribution >= 0.6 is 0 Å². The van der Waals surface area contributed by atoms with Crippen LogP contribution in [0.4, 0.5) is 20.2 Å². The standard InChI is InChI=1S/C13H18F2N2O/c14-13(15)9-18-8-7-17-6-2-3-10-11(16)4-1-5-12(10)17/h1,4-5,13H,2-3,6-9,16H2. The van der Waals surface area contributed by atoms with Gasteiger partial charge < -0.3 is 15.4 Å². The van der Waals surface area contributed by atoms with Crippen LogP contribution in [0, 0.1) is 0 Å². The summed E-state index contributed by atoms with van der Waals surface area (Å²) in [5.74, 6) is 0. The van der Waals surface area contributed by atoms with Crippen molar-refractivity contribution in [3.8, 4) is 0 Å². The van der Waals surface area contributed by atoms with E-state index in [1.807, 2.05) is 18.2 Å². The molecule has 1 aliphatic rings. The van der Waals surface area contributed by atoms with Crippen molar-refractivity contribution >= 4 is 11.4 Å². The lowest BCUT2D eigenvalue weighted by Gasteiger charge is -2.31. The summed E-state index contributed by atoms with van der Waals surface area (Å²) in [6, 6.07) is 5.85. The summed E-state index contributed by atoms with van der Waals surface area (Å²) >= 11 is 0. The van der Waals surface area contributed by atoms with Gasteiger partial charge in [-0.15, -0.1) is 0 Å². The van der Waals surface area contributed by atoms with Crippen molar-refractivity contribution in [2.24, 2.45) is 0 Å². The maximum atomic E-state index is 11.9. The van der Waals surface area contributed by atoms with E-state index < -0.39 is 13.0 Å². The van der Waals surface area contributed by atoms with Crippen LogP contribution in [0.3, 0.4) is 0 Å². The third-order valence-electron chi connectivity index (χ3n) is 3.13. The maximum absolute atomic E-state index is 11.9. The molecule has 0 unspecified atom stereocenters. The molecule has 1 aromatic rings. The Morgan fingerprint density at radius 2 is 2.22 bits per heavy atom. The molecule has 0 bridgehead atoms. The normalized spacial score (nSPS) is 14.9. The van der Waals surface area contributed by atoms with Gasteiger partial charge in [0.25, 0.3) is 6.43 Å². The van der Waals surface area contributed by atoms with Gasteiger partial charge in [0.05, 0.1) is 6.61 Å². The molecule has 1 aromatic carbocycles. The fourth-order valence-electron chi connectivity index (χ4n) is 2.31. The van der Waals surface area contributed by atoms with Crippen LogP contribution in [-0.4, -0.2) is 32.7 Å². The van der Waals surface area contributed by atoms with E-state index in [0.29, 0.717) is 13.2 Å². The molecule has 1 heterocycles. The minimum atomic E-state index is -2.39. The zero-order chi connectivity index (χ0) is 13.0. The molecular formula is C13H18F2N2O. The van der Waals surface area contributed by atoms with Crippen LogP contribution in [0.25, 0.3) is 0 Å². The predicted molar refractivity (Wildman–Crippen MR) is 68.2 cm³/mol. The Balaban J connectivity index is 1.94. The Morgan fingerprint density at radius 1 is 1.39 bits per heavy atom. The average molecular weight is 256 g/mol. The number of nitrogen functional groups attached to an aromatic ring is 1. The first-order valence-electron chi connectivity index (χ1n) is 6.16. The number of hydrogen-bond donors (Lipinski definition) is 1. The van der Waals surface area contributed by atoms with Crippen molar-refractivity contribution in [1.29, 1.82) is 0 Å². The number of nitrogens with zero attached hydrogens (tertiary/aromatic N) is 1. The van der Waals surface area contributed by atoms with Crippen LogP contribution in [0.2, 0.25) is 0 Å². The number of ether oxygens (including phenoxy) is 1. The molecule has 2 N–H and O–H groups in total. The Morgan fingerprint density at radius 3 is 3.00 bits per heavy atom.